The maximum absolute atomic E-state index is 15.3. The molecule has 2 aromatic heterocycles. The molecular formula is C40H24AlN8O2P. The van der Waals surface area contributed by atoms with Crippen molar-refractivity contribution >= 4 is 84.1 Å². The molecule has 0 spiro atoms. The Bertz CT molecular complexity index is 2900. The lowest BCUT2D eigenvalue weighted by Crippen LogP contribution is -2.48. The fraction of sp³-hybridized carbons (Fsp3) is 0. The summed E-state index contributed by atoms with van der Waals surface area (Å²) < 4.78 is 26.5. The third-order valence-electron chi connectivity index (χ3n) is 9.87. The number of nitrogens with zero attached hydrogens (tertiary/aromatic N) is 8. The first-order valence-corrected chi connectivity index (χ1v) is 20.0. The molecule has 12 heteroatoms. The fourth-order valence-electron chi connectivity index (χ4n) is 7.47. The Morgan fingerprint density at radius 3 is 1.37 bits per heavy atom. The number of aliphatic imine (C=N–C) groups is 4. The molecule has 11 rings (SSSR count). The van der Waals surface area contributed by atoms with E-state index in [0.717, 1.165) is 43.8 Å². The van der Waals surface area contributed by atoms with E-state index in [4.69, 9.17) is 33.5 Å². The van der Waals surface area contributed by atoms with Crippen LogP contribution in [0.15, 0.2) is 170 Å². The van der Waals surface area contributed by atoms with E-state index in [1.54, 1.807) is 0 Å². The molecule has 6 bridgehead atoms. The van der Waals surface area contributed by atoms with Crippen LogP contribution in [0, 0.1) is 0 Å². The highest BCUT2D eigenvalue weighted by Crippen LogP contribution is 2.50. The van der Waals surface area contributed by atoms with Crippen molar-refractivity contribution in [3.63, 3.8) is 0 Å². The van der Waals surface area contributed by atoms with Crippen molar-refractivity contribution in [3.05, 3.63) is 173 Å². The van der Waals surface area contributed by atoms with Crippen LogP contribution in [0.2, 0.25) is 0 Å². The van der Waals surface area contributed by atoms with Gasteiger partial charge in [-0.3, -0.25) is 4.57 Å². The predicted molar refractivity (Wildman–Crippen MR) is 206 cm³/mol. The number of aromatic nitrogens is 2. The first-order valence-electron chi connectivity index (χ1n) is 16.8. The lowest BCUT2D eigenvalue weighted by atomic mass is 10.1. The Balaban J connectivity index is 1.40. The summed E-state index contributed by atoms with van der Waals surface area (Å²) in [5, 5.41) is 3.89. The van der Waals surface area contributed by atoms with Crippen molar-refractivity contribution < 1.29 is 8.14 Å². The van der Waals surface area contributed by atoms with Crippen molar-refractivity contribution in [1.82, 2.24) is 7.10 Å². The third kappa shape index (κ3) is 4.13. The highest BCUT2D eigenvalue weighted by atomic mass is 31.2. The molecule has 4 aliphatic rings. The van der Waals surface area contributed by atoms with E-state index in [0.29, 0.717) is 51.3 Å². The van der Waals surface area contributed by atoms with Crippen LogP contribution >= 0.6 is 7.37 Å². The molecule has 52 heavy (non-hydrogen) atoms. The van der Waals surface area contributed by atoms with Crippen LogP contribution in [0.5, 0.6) is 0 Å². The van der Waals surface area contributed by atoms with Crippen LogP contribution in [0.1, 0.15) is 22.3 Å². The van der Waals surface area contributed by atoms with Gasteiger partial charge in [0.1, 0.15) is 22.6 Å². The monoisotopic (exact) mass is 706 g/mol. The molecule has 4 aliphatic heterocycles. The van der Waals surface area contributed by atoms with Crippen molar-refractivity contribution in [2.75, 3.05) is 0 Å². The predicted octanol–water partition coefficient (Wildman–Crippen LogP) is 6.68. The summed E-state index contributed by atoms with van der Waals surface area (Å²) in [5.41, 5.74) is 4.62. The number of hydrogen-bond acceptors (Lipinski definition) is 8. The number of rotatable bonds is 4. The van der Waals surface area contributed by atoms with Gasteiger partial charge in [-0.05, 0) is 17.9 Å². The second-order valence-corrected chi connectivity index (χ2v) is 17.3. The lowest BCUT2D eigenvalue weighted by Gasteiger charge is -2.24. The Morgan fingerprint density at radius 1 is 0.500 bits per heavy atom. The average molecular weight is 707 g/mol. The molecule has 0 saturated heterocycles. The first kappa shape index (κ1) is 29.6. The minimum absolute atomic E-state index is 0.522. The topological polar surface area (TPSA) is 110 Å². The molecule has 0 aliphatic carbocycles. The maximum Gasteiger partial charge on any atom is 0.815 e. The summed E-state index contributed by atoms with van der Waals surface area (Å²) in [6, 6.07) is 41.2. The Kier molecular flexibility index (Phi) is 6.25. The van der Waals surface area contributed by atoms with Gasteiger partial charge in [0.2, 0.25) is 7.37 Å². The molecule has 0 radical (unpaired) electrons. The largest absolute Gasteiger partial charge is 0.815 e. The van der Waals surface area contributed by atoms with Gasteiger partial charge in [-0.25, -0.2) is 30.0 Å². The number of benzene rings is 5. The summed E-state index contributed by atoms with van der Waals surface area (Å²) in [6.07, 6.45) is 0. The highest BCUT2D eigenvalue weighted by molar-refractivity contribution is 7.70. The van der Waals surface area contributed by atoms with E-state index in [1.807, 2.05) is 134 Å². The zero-order valence-corrected chi connectivity index (χ0v) is 29.4. The second kappa shape index (κ2) is 11.0. The van der Waals surface area contributed by atoms with Crippen LogP contribution < -0.4 is 16.3 Å². The van der Waals surface area contributed by atoms with Gasteiger partial charge in [-0.2, -0.15) is 0 Å². The van der Waals surface area contributed by atoms with E-state index >= 15 is 4.57 Å². The number of amidine groups is 4. The van der Waals surface area contributed by atoms with Crippen LogP contribution in [-0.4, -0.2) is 45.4 Å². The van der Waals surface area contributed by atoms with Crippen molar-refractivity contribution in [1.29, 1.82) is 0 Å². The lowest BCUT2D eigenvalue weighted by molar-refractivity contribution is 0.492. The van der Waals surface area contributed by atoms with E-state index < -0.39 is 22.3 Å². The first-order chi connectivity index (χ1) is 25.6. The van der Waals surface area contributed by atoms with Gasteiger partial charge in [0, 0.05) is 49.1 Å². The van der Waals surface area contributed by atoms with Gasteiger partial charge in [-0.15, -0.1) is 0 Å². The van der Waals surface area contributed by atoms with Crippen LogP contribution in [-0.2, 0) is 8.14 Å². The van der Waals surface area contributed by atoms with Gasteiger partial charge in [-0.1, -0.05) is 122 Å². The molecule has 1 unspecified atom stereocenters. The molecule has 7 aromatic rings. The number of hydrogen-bond donors (Lipinski definition) is 0. The molecular weight excluding hydrogens is 682 g/mol. The quantitative estimate of drug-likeness (QED) is 0.150. The van der Waals surface area contributed by atoms with Gasteiger partial charge in [0.15, 0.2) is 23.3 Å². The van der Waals surface area contributed by atoms with Crippen molar-refractivity contribution in [2.24, 2.45) is 30.0 Å². The Labute approximate surface area is 301 Å². The minimum atomic E-state index is -3.73. The summed E-state index contributed by atoms with van der Waals surface area (Å²) in [7, 11) is -3.73. The maximum atomic E-state index is 15.3. The normalized spacial score (nSPS) is 16.0. The van der Waals surface area contributed by atoms with Gasteiger partial charge < -0.3 is 10.7 Å². The Morgan fingerprint density at radius 2 is 0.904 bits per heavy atom. The molecule has 6 heterocycles. The summed E-state index contributed by atoms with van der Waals surface area (Å²) in [5.74, 6) is 4.68. The van der Waals surface area contributed by atoms with Crippen LogP contribution in [0.3, 0.4) is 0 Å². The van der Waals surface area contributed by atoms with Crippen LogP contribution in [0.4, 0.5) is 11.6 Å². The molecule has 0 fully saturated rings. The van der Waals surface area contributed by atoms with Gasteiger partial charge in [0.25, 0.3) is 0 Å². The standard InChI is InChI=1S/C32H16N8.C8H9O2P.Al/c1-2-10-18-17(9-1)25-33-26(18)38-28-21-13-5-6-14-22(21)30(35-28)40-32-24-16-8-7-15-23(24)31(36-32)39-29-20-12-4-3-11-19(20)27(34-29)37-25;1-2-11(9,10)8-6-4-3-5-7-8;/h1-16H;2-7H,1H2,(H,9,10);/q-2;;+3/p-1. The molecule has 10 nitrogen and oxygen atoms in total. The zero-order valence-electron chi connectivity index (χ0n) is 27.3. The highest BCUT2D eigenvalue weighted by Gasteiger charge is 2.46. The SMILES string of the molecule is C=CP(=O)([O][Al]1[n]2c3c4ccccc4c2N=C2N=C(N=c4c5ccccc5c([n]41)=NC1=NC(=N3)c3ccccc31)c1ccccc12)c1ccccc1. The number of fused-ring (bicyclic) bond motifs is 14. The Hall–Kier alpha value is -6.08. The summed E-state index contributed by atoms with van der Waals surface area (Å²) >= 11 is -3.36. The summed E-state index contributed by atoms with van der Waals surface area (Å²) in [6.45, 7) is 4.06. The van der Waals surface area contributed by atoms with E-state index in [1.165, 1.54) is 5.82 Å². The third-order valence-corrected chi connectivity index (χ3v) is 15.2. The van der Waals surface area contributed by atoms with E-state index in [2.05, 4.69) is 6.58 Å². The van der Waals surface area contributed by atoms with Crippen molar-refractivity contribution in [3.8, 4) is 0 Å². The minimum Gasteiger partial charge on any atom is -0.410 e. The van der Waals surface area contributed by atoms with Gasteiger partial charge in [0.05, 0.1) is 0 Å². The zero-order chi connectivity index (χ0) is 34.6. The van der Waals surface area contributed by atoms with Gasteiger partial charge >= 0.3 is 14.9 Å². The molecule has 244 valence electrons. The van der Waals surface area contributed by atoms with E-state index in [9.17, 15) is 0 Å². The van der Waals surface area contributed by atoms with Crippen molar-refractivity contribution in [2.45, 2.75) is 0 Å². The second-order valence-electron chi connectivity index (χ2n) is 12.7. The molecule has 5 aromatic carbocycles. The average Bonchev–Trinajstić information content (AvgIpc) is 3.90. The molecule has 0 N–H and O–H groups in total. The smallest absolute Gasteiger partial charge is 0.410 e. The summed E-state index contributed by atoms with van der Waals surface area (Å²) in [4.78, 5) is 31.5. The van der Waals surface area contributed by atoms with Crippen LogP contribution in [0.25, 0.3) is 21.5 Å². The molecule has 0 saturated carbocycles. The molecule has 0 amide bonds. The fourth-order valence-corrected chi connectivity index (χ4v) is 12.8. The molecule has 1 atom stereocenters. The van der Waals surface area contributed by atoms with E-state index in [-0.39, 0.29) is 0 Å².